The van der Waals surface area contributed by atoms with E-state index in [4.69, 9.17) is 9.15 Å². The van der Waals surface area contributed by atoms with Crippen LogP contribution in [0.3, 0.4) is 0 Å². The van der Waals surface area contributed by atoms with E-state index in [1.165, 1.54) is 77.4 Å². The average Bonchev–Trinajstić information content (AvgIpc) is 3.81. The van der Waals surface area contributed by atoms with Gasteiger partial charge in [-0.3, -0.25) is 0 Å². The lowest BCUT2D eigenvalue weighted by Gasteiger charge is -2.40. The van der Waals surface area contributed by atoms with Gasteiger partial charge in [0.25, 0.3) is 0 Å². The normalized spacial score (nSPS) is 15.3. The van der Waals surface area contributed by atoms with E-state index in [0.717, 1.165) is 55.5 Å². The number of hydrogen-bond donors (Lipinski definition) is 0. The molecule has 0 saturated carbocycles. The Labute approximate surface area is 340 Å². The molecule has 10 aromatic carbocycles. The van der Waals surface area contributed by atoms with E-state index in [-0.39, 0.29) is 0 Å². The highest BCUT2D eigenvalue weighted by atomic mass is 16.5. The lowest BCUT2D eigenvalue weighted by atomic mass is 9.61. The number of para-hydroxylation sites is 1. The molecule has 2 heteroatoms. The van der Waals surface area contributed by atoms with Crippen molar-refractivity contribution in [2.75, 3.05) is 0 Å². The standard InChI is InChI=1S/C57H32O2/c1-4-18-47-38(12-1)40-25-22-36(32-50(40)57(47)48-19-5-2-13-39(48)43-15-7-10-33-11-8-20-49(57)55(33)43)37-26-29-54-56-42(37)16-9-17-44(56)46-31-35(24-28-53(46)59-54)34-23-27-52-45(30-34)41-14-3-6-21-51(41)58-52/h1-32H. The first-order valence-electron chi connectivity index (χ1n) is 20.4. The molecule has 2 heterocycles. The maximum atomic E-state index is 6.74. The Balaban J connectivity index is 0.970. The lowest BCUT2D eigenvalue weighted by molar-refractivity contribution is 0.487. The summed E-state index contributed by atoms with van der Waals surface area (Å²) in [5.41, 5.74) is 18.9. The number of fused-ring (bicyclic) bond motifs is 14. The van der Waals surface area contributed by atoms with Crippen molar-refractivity contribution in [2.45, 2.75) is 5.41 Å². The van der Waals surface area contributed by atoms with E-state index in [2.05, 4.69) is 182 Å². The Bertz CT molecular complexity index is 3650. The highest BCUT2D eigenvalue weighted by molar-refractivity contribution is 6.12. The topological polar surface area (TPSA) is 22.4 Å². The third-order valence-corrected chi connectivity index (χ3v) is 13.5. The number of ether oxygens (including phenoxy) is 1. The van der Waals surface area contributed by atoms with Crippen molar-refractivity contribution in [3.63, 3.8) is 0 Å². The molecule has 272 valence electrons. The predicted octanol–water partition coefficient (Wildman–Crippen LogP) is 15.3. The largest absolute Gasteiger partial charge is 0.456 e. The monoisotopic (exact) mass is 748 g/mol. The van der Waals surface area contributed by atoms with Gasteiger partial charge in [-0.15, -0.1) is 0 Å². The molecule has 2 aliphatic carbocycles. The van der Waals surface area contributed by atoms with E-state index < -0.39 is 5.41 Å². The van der Waals surface area contributed by atoms with Gasteiger partial charge >= 0.3 is 0 Å². The fourth-order valence-corrected chi connectivity index (χ4v) is 11.1. The third kappa shape index (κ3) is 4.00. The average molecular weight is 749 g/mol. The summed E-state index contributed by atoms with van der Waals surface area (Å²) in [6.45, 7) is 0. The minimum Gasteiger partial charge on any atom is -0.456 e. The van der Waals surface area contributed by atoms with Crippen LogP contribution >= 0.6 is 0 Å². The number of furan rings is 1. The molecule has 11 aromatic rings. The zero-order valence-corrected chi connectivity index (χ0v) is 31.8. The van der Waals surface area contributed by atoms with E-state index in [1.54, 1.807) is 0 Å². The summed E-state index contributed by atoms with van der Waals surface area (Å²) in [6.07, 6.45) is 0. The fraction of sp³-hybridized carbons (Fsp3) is 0.0175. The van der Waals surface area contributed by atoms with Gasteiger partial charge in [0.15, 0.2) is 0 Å². The summed E-state index contributed by atoms with van der Waals surface area (Å²) in [4.78, 5) is 0. The number of benzene rings is 10. The molecule has 0 bridgehead atoms. The highest BCUT2D eigenvalue weighted by Gasteiger charge is 2.50. The van der Waals surface area contributed by atoms with Gasteiger partial charge in [0.1, 0.15) is 22.7 Å². The molecule has 2 nitrogen and oxygen atoms in total. The van der Waals surface area contributed by atoms with Crippen LogP contribution < -0.4 is 4.74 Å². The second-order valence-electron chi connectivity index (χ2n) is 16.3. The van der Waals surface area contributed by atoms with E-state index in [0.29, 0.717) is 0 Å². The maximum Gasteiger partial charge on any atom is 0.135 e. The van der Waals surface area contributed by atoms with Crippen LogP contribution in [0, 0.1) is 0 Å². The second-order valence-corrected chi connectivity index (χ2v) is 16.3. The first-order valence-corrected chi connectivity index (χ1v) is 20.4. The molecule has 59 heavy (non-hydrogen) atoms. The third-order valence-electron chi connectivity index (χ3n) is 13.5. The SMILES string of the molecule is c1ccc2c(c1)-c1ccc(-c3ccc4c5c(cccc35)-c3cc(-c5ccc6oc7ccccc7c6c5)ccc3O4)cc1C21c2ccccc2-c2cccc3cccc1c23. The zero-order valence-electron chi connectivity index (χ0n) is 31.8. The lowest BCUT2D eigenvalue weighted by Crippen LogP contribution is -2.31. The van der Waals surface area contributed by atoms with Crippen molar-refractivity contribution in [1.82, 2.24) is 0 Å². The molecule has 0 N–H and O–H groups in total. The summed E-state index contributed by atoms with van der Waals surface area (Å²) in [5.74, 6) is 1.76. The van der Waals surface area contributed by atoms with Crippen LogP contribution in [0.5, 0.6) is 11.5 Å². The summed E-state index contributed by atoms with van der Waals surface area (Å²) >= 11 is 0. The van der Waals surface area contributed by atoms with Gasteiger partial charge < -0.3 is 9.15 Å². The number of hydrogen-bond acceptors (Lipinski definition) is 2. The molecular formula is C57H32O2. The molecular weight excluding hydrogens is 717 g/mol. The minimum absolute atomic E-state index is 0.469. The van der Waals surface area contributed by atoms with Crippen LogP contribution in [-0.2, 0) is 5.41 Å². The predicted molar refractivity (Wildman–Crippen MR) is 241 cm³/mol. The summed E-state index contributed by atoms with van der Waals surface area (Å²) < 4.78 is 12.9. The van der Waals surface area contributed by atoms with Gasteiger partial charge in [-0.1, -0.05) is 152 Å². The van der Waals surface area contributed by atoms with Crippen LogP contribution in [0.1, 0.15) is 22.3 Å². The van der Waals surface area contributed by atoms with Crippen molar-refractivity contribution in [3.05, 3.63) is 216 Å². The summed E-state index contributed by atoms with van der Waals surface area (Å²) in [7, 11) is 0. The molecule has 1 aromatic heterocycles. The first-order chi connectivity index (χ1) is 29.2. The molecule has 1 unspecified atom stereocenters. The molecule has 14 rings (SSSR count). The Morgan fingerprint density at radius 1 is 0.305 bits per heavy atom. The van der Waals surface area contributed by atoms with E-state index in [9.17, 15) is 0 Å². The molecule has 0 radical (unpaired) electrons. The van der Waals surface area contributed by atoms with E-state index >= 15 is 0 Å². The van der Waals surface area contributed by atoms with Gasteiger partial charge in [0, 0.05) is 21.7 Å². The molecule has 0 amide bonds. The highest BCUT2D eigenvalue weighted by Crippen LogP contribution is 2.62. The molecule has 3 aliphatic rings. The van der Waals surface area contributed by atoms with Crippen LogP contribution in [-0.4, -0.2) is 0 Å². The van der Waals surface area contributed by atoms with Crippen molar-refractivity contribution < 1.29 is 9.15 Å². The van der Waals surface area contributed by atoms with Crippen LogP contribution in [0.25, 0.3) is 99.1 Å². The molecule has 1 aliphatic heterocycles. The number of rotatable bonds is 2. The molecule has 1 atom stereocenters. The Hall–Kier alpha value is -7.68. The van der Waals surface area contributed by atoms with Crippen molar-refractivity contribution in [1.29, 1.82) is 0 Å². The van der Waals surface area contributed by atoms with Crippen molar-refractivity contribution >= 4 is 43.5 Å². The minimum atomic E-state index is -0.469. The van der Waals surface area contributed by atoms with Crippen LogP contribution in [0.15, 0.2) is 199 Å². The second kappa shape index (κ2) is 11.2. The maximum absolute atomic E-state index is 6.74. The van der Waals surface area contributed by atoms with Crippen molar-refractivity contribution in [3.8, 4) is 67.1 Å². The van der Waals surface area contributed by atoms with E-state index in [1.807, 2.05) is 12.1 Å². The zero-order chi connectivity index (χ0) is 38.4. The summed E-state index contributed by atoms with van der Waals surface area (Å²) in [5, 5.41) is 7.21. The Morgan fingerprint density at radius 2 is 0.898 bits per heavy atom. The molecule has 1 spiro atoms. The molecule has 0 saturated heterocycles. The summed E-state index contributed by atoms with van der Waals surface area (Å²) in [6, 6.07) is 71.5. The van der Waals surface area contributed by atoms with Crippen molar-refractivity contribution in [2.24, 2.45) is 0 Å². The van der Waals surface area contributed by atoms with Gasteiger partial charge in [-0.05, 0) is 131 Å². The molecule has 0 fully saturated rings. The van der Waals surface area contributed by atoms with Gasteiger partial charge in [0.05, 0.1) is 5.41 Å². The Morgan fingerprint density at radius 3 is 1.78 bits per heavy atom. The van der Waals surface area contributed by atoms with Crippen LogP contribution in [0.2, 0.25) is 0 Å². The Kier molecular flexibility index (Phi) is 5.99. The fourth-order valence-electron chi connectivity index (χ4n) is 11.1. The van der Waals surface area contributed by atoms with Gasteiger partial charge in [-0.2, -0.15) is 0 Å². The first kappa shape index (κ1) is 31.4. The van der Waals surface area contributed by atoms with Crippen LogP contribution in [0.4, 0.5) is 0 Å². The quantitative estimate of drug-likeness (QED) is 0.176. The smallest absolute Gasteiger partial charge is 0.135 e. The van der Waals surface area contributed by atoms with Gasteiger partial charge in [0.2, 0.25) is 0 Å². The van der Waals surface area contributed by atoms with Gasteiger partial charge in [-0.25, -0.2) is 0 Å².